The molecule has 0 saturated carbocycles. The van der Waals surface area contributed by atoms with E-state index in [0.29, 0.717) is 13.0 Å². The number of carboxylic acids is 1. The molecule has 5 heteroatoms. The summed E-state index contributed by atoms with van der Waals surface area (Å²) in [5, 5.41) is 8.61. The first kappa shape index (κ1) is 14.8. The van der Waals surface area contributed by atoms with Gasteiger partial charge in [-0.1, -0.05) is 0 Å². The Kier molecular flexibility index (Phi) is 4.99. The van der Waals surface area contributed by atoms with Crippen molar-refractivity contribution in [3.8, 4) is 0 Å². The number of likely N-dealkylation sites (tertiary alicyclic amines) is 1. The second-order valence-electron chi connectivity index (χ2n) is 5.76. The molecule has 0 aliphatic carbocycles. The minimum atomic E-state index is -0.781. The minimum absolute atomic E-state index is 0.138. The third-order valence-electron chi connectivity index (χ3n) is 2.93. The van der Waals surface area contributed by atoms with Crippen molar-refractivity contribution in [1.29, 1.82) is 0 Å². The lowest BCUT2D eigenvalue weighted by Crippen LogP contribution is -2.39. The van der Waals surface area contributed by atoms with Crippen LogP contribution in [-0.2, 0) is 9.53 Å². The van der Waals surface area contributed by atoms with Gasteiger partial charge in [0.05, 0.1) is 0 Å². The fourth-order valence-corrected chi connectivity index (χ4v) is 2.19. The van der Waals surface area contributed by atoms with Crippen molar-refractivity contribution < 1.29 is 19.4 Å². The van der Waals surface area contributed by atoms with E-state index in [9.17, 15) is 9.59 Å². The van der Waals surface area contributed by atoms with Crippen molar-refractivity contribution >= 4 is 12.1 Å². The number of nitrogens with zero attached hydrogens (tertiary/aromatic N) is 1. The zero-order chi connectivity index (χ0) is 13.8. The summed E-state index contributed by atoms with van der Waals surface area (Å²) < 4.78 is 5.35. The first-order chi connectivity index (χ1) is 8.29. The number of hydrogen-bond donors (Lipinski definition) is 1. The van der Waals surface area contributed by atoms with Crippen LogP contribution in [0.1, 0.15) is 52.9 Å². The number of rotatable bonds is 4. The first-order valence-electron chi connectivity index (χ1n) is 6.51. The van der Waals surface area contributed by atoms with Crippen LogP contribution in [0.15, 0.2) is 0 Å². The minimum Gasteiger partial charge on any atom is -0.481 e. The van der Waals surface area contributed by atoms with E-state index in [1.54, 1.807) is 4.90 Å². The molecule has 1 N–H and O–H groups in total. The van der Waals surface area contributed by atoms with Crippen molar-refractivity contribution in [2.45, 2.75) is 64.5 Å². The van der Waals surface area contributed by atoms with Gasteiger partial charge < -0.3 is 14.7 Å². The summed E-state index contributed by atoms with van der Waals surface area (Å²) in [4.78, 5) is 24.2. The summed E-state index contributed by atoms with van der Waals surface area (Å²) in [7, 11) is 0. The lowest BCUT2D eigenvalue weighted by Gasteiger charge is -2.28. The molecule has 18 heavy (non-hydrogen) atoms. The molecular formula is C13H23NO4. The lowest BCUT2D eigenvalue weighted by atomic mass is 10.1. The van der Waals surface area contributed by atoms with Gasteiger partial charge in [-0.15, -0.1) is 0 Å². The molecule has 1 atom stereocenters. The van der Waals surface area contributed by atoms with Crippen LogP contribution in [0.3, 0.4) is 0 Å². The average molecular weight is 257 g/mol. The van der Waals surface area contributed by atoms with Gasteiger partial charge in [-0.05, 0) is 46.5 Å². The number of carboxylic acid groups (broad SMARTS) is 1. The Balaban J connectivity index is 2.43. The van der Waals surface area contributed by atoms with E-state index in [1.165, 1.54) is 0 Å². The van der Waals surface area contributed by atoms with Crippen LogP contribution >= 0.6 is 0 Å². The van der Waals surface area contributed by atoms with Gasteiger partial charge in [-0.3, -0.25) is 4.79 Å². The molecule has 1 saturated heterocycles. The molecule has 1 rings (SSSR count). The highest BCUT2D eigenvalue weighted by Gasteiger charge is 2.31. The normalized spacial score (nSPS) is 19.9. The molecule has 0 aromatic carbocycles. The van der Waals surface area contributed by atoms with Crippen molar-refractivity contribution in [3.05, 3.63) is 0 Å². The Morgan fingerprint density at radius 1 is 1.39 bits per heavy atom. The van der Waals surface area contributed by atoms with Crippen LogP contribution in [0.5, 0.6) is 0 Å². The van der Waals surface area contributed by atoms with Gasteiger partial charge in [0, 0.05) is 19.0 Å². The fourth-order valence-electron chi connectivity index (χ4n) is 2.19. The summed E-state index contributed by atoms with van der Waals surface area (Å²) in [6.07, 6.45) is 3.15. The number of carbonyl (C=O) groups is 2. The summed E-state index contributed by atoms with van der Waals surface area (Å²) in [5.41, 5.74) is -0.481. The Morgan fingerprint density at radius 3 is 2.61 bits per heavy atom. The SMILES string of the molecule is CC(C)(C)OC(=O)N1CCC[C@H]1CCCC(=O)O. The van der Waals surface area contributed by atoms with Gasteiger partial charge >= 0.3 is 12.1 Å². The zero-order valence-corrected chi connectivity index (χ0v) is 11.4. The van der Waals surface area contributed by atoms with Gasteiger partial charge in [0.15, 0.2) is 0 Å². The van der Waals surface area contributed by atoms with Crippen LogP contribution in [-0.4, -0.2) is 40.3 Å². The van der Waals surface area contributed by atoms with Gasteiger partial charge in [0.1, 0.15) is 5.60 Å². The van der Waals surface area contributed by atoms with Crippen LogP contribution in [0.2, 0.25) is 0 Å². The van der Waals surface area contributed by atoms with E-state index in [2.05, 4.69) is 0 Å². The molecule has 1 aliphatic rings. The zero-order valence-electron chi connectivity index (χ0n) is 11.4. The molecule has 1 heterocycles. The molecule has 104 valence electrons. The Morgan fingerprint density at radius 2 is 2.06 bits per heavy atom. The highest BCUT2D eigenvalue weighted by Crippen LogP contribution is 2.24. The highest BCUT2D eigenvalue weighted by molar-refractivity contribution is 5.69. The number of amides is 1. The number of ether oxygens (including phenoxy) is 1. The molecule has 1 fully saturated rings. The summed E-state index contributed by atoms with van der Waals surface area (Å²) >= 11 is 0. The standard InChI is InChI=1S/C13H23NO4/c1-13(2,3)18-12(17)14-9-5-7-10(14)6-4-8-11(15)16/h10H,4-9H2,1-3H3,(H,15,16)/t10-/m1/s1. The topological polar surface area (TPSA) is 66.8 Å². The van der Waals surface area contributed by atoms with Gasteiger partial charge in [0.2, 0.25) is 0 Å². The Labute approximate surface area is 108 Å². The average Bonchev–Trinajstić information content (AvgIpc) is 2.62. The molecule has 0 bridgehead atoms. The summed E-state index contributed by atoms with van der Waals surface area (Å²) in [6.45, 7) is 6.26. The Hall–Kier alpha value is -1.26. The molecule has 0 spiro atoms. The second kappa shape index (κ2) is 6.07. The van der Waals surface area contributed by atoms with Gasteiger partial charge in [-0.2, -0.15) is 0 Å². The molecule has 0 radical (unpaired) electrons. The third kappa shape index (κ3) is 4.94. The molecular weight excluding hydrogens is 234 g/mol. The summed E-state index contributed by atoms with van der Waals surface area (Å²) in [6, 6.07) is 0.138. The van der Waals surface area contributed by atoms with Crippen molar-refractivity contribution in [3.63, 3.8) is 0 Å². The summed E-state index contributed by atoms with van der Waals surface area (Å²) in [5.74, 6) is -0.781. The third-order valence-corrected chi connectivity index (χ3v) is 2.93. The molecule has 5 nitrogen and oxygen atoms in total. The predicted molar refractivity (Wildman–Crippen MR) is 67.4 cm³/mol. The lowest BCUT2D eigenvalue weighted by molar-refractivity contribution is -0.137. The second-order valence-corrected chi connectivity index (χ2v) is 5.76. The Bertz CT molecular complexity index is 309. The van der Waals surface area contributed by atoms with E-state index in [1.807, 2.05) is 20.8 Å². The van der Waals surface area contributed by atoms with Crippen LogP contribution in [0.4, 0.5) is 4.79 Å². The predicted octanol–water partition coefficient (Wildman–Crippen LogP) is 2.64. The van der Waals surface area contributed by atoms with E-state index >= 15 is 0 Å². The van der Waals surface area contributed by atoms with E-state index in [-0.39, 0.29) is 18.6 Å². The molecule has 0 aromatic rings. The van der Waals surface area contributed by atoms with Gasteiger partial charge in [0.25, 0.3) is 0 Å². The first-order valence-corrected chi connectivity index (χ1v) is 6.51. The highest BCUT2D eigenvalue weighted by atomic mass is 16.6. The number of carbonyl (C=O) groups excluding carboxylic acids is 1. The van der Waals surface area contributed by atoms with Crippen molar-refractivity contribution in [1.82, 2.24) is 4.90 Å². The maximum absolute atomic E-state index is 12.0. The van der Waals surface area contributed by atoms with Crippen LogP contribution in [0, 0.1) is 0 Å². The van der Waals surface area contributed by atoms with Crippen molar-refractivity contribution in [2.75, 3.05) is 6.54 Å². The largest absolute Gasteiger partial charge is 0.481 e. The van der Waals surface area contributed by atoms with E-state index in [4.69, 9.17) is 9.84 Å². The smallest absolute Gasteiger partial charge is 0.410 e. The fraction of sp³-hybridized carbons (Fsp3) is 0.846. The number of hydrogen-bond acceptors (Lipinski definition) is 3. The molecule has 1 aliphatic heterocycles. The van der Waals surface area contributed by atoms with E-state index < -0.39 is 11.6 Å². The van der Waals surface area contributed by atoms with Crippen LogP contribution in [0.25, 0.3) is 0 Å². The maximum atomic E-state index is 12.0. The molecule has 0 unspecified atom stereocenters. The molecule has 0 aromatic heterocycles. The monoisotopic (exact) mass is 257 g/mol. The maximum Gasteiger partial charge on any atom is 0.410 e. The number of aliphatic carboxylic acids is 1. The molecule has 1 amide bonds. The van der Waals surface area contributed by atoms with Crippen LogP contribution < -0.4 is 0 Å². The van der Waals surface area contributed by atoms with Gasteiger partial charge in [-0.25, -0.2) is 4.79 Å². The van der Waals surface area contributed by atoms with Crippen molar-refractivity contribution in [2.24, 2.45) is 0 Å². The van der Waals surface area contributed by atoms with E-state index in [0.717, 1.165) is 19.3 Å². The quantitative estimate of drug-likeness (QED) is 0.840.